The summed E-state index contributed by atoms with van der Waals surface area (Å²) in [5.41, 5.74) is 7.48. The van der Waals surface area contributed by atoms with Gasteiger partial charge in [-0.1, -0.05) is 0 Å². The van der Waals surface area contributed by atoms with E-state index in [9.17, 15) is 4.79 Å². The number of anilines is 2. The van der Waals surface area contributed by atoms with E-state index in [1.54, 1.807) is 16.9 Å². The number of hydrogen-bond acceptors (Lipinski definition) is 6. The Hall–Kier alpha value is -3.16. The van der Waals surface area contributed by atoms with E-state index in [4.69, 9.17) is 10.8 Å². The van der Waals surface area contributed by atoms with Crippen LogP contribution in [0.4, 0.5) is 11.8 Å². The summed E-state index contributed by atoms with van der Waals surface area (Å²) in [6.07, 6.45) is 3.65. The number of aromatic nitrogens is 4. The molecule has 3 rings (SSSR count). The third kappa shape index (κ3) is 2.91. The first kappa shape index (κ1) is 14.8. The smallest absolute Gasteiger partial charge is 0.335 e. The molecule has 0 amide bonds. The zero-order chi connectivity index (χ0) is 16.6. The summed E-state index contributed by atoms with van der Waals surface area (Å²) >= 11 is 0. The highest BCUT2D eigenvalue weighted by Gasteiger charge is 2.14. The molecule has 0 fully saturated rings. The van der Waals surface area contributed by atoms with E-state index in [2.05, 4.69) is 20.4 Å². The first-order valence-corrected chi connectivity index (χ1v) is 6.99. The van der Waals surface area contributed by atoms with Crippen molar-refractivity contribution in [2.24, 2.45) is 7.05 Å². The van der Waals surface area contributed by atoms with Gasteiger partial charge in [0.2, 0.25) is 5.95 Å². The molecule has 0 spiro atoms. The number of aromatic carboxylic acids is 1. The van der Waals surface area contributed by atoms with Crippen molar-refractivity contribution in [2.75, 3.05) is 11.1 Å². The Balaban J connectivity index is 2.04. The lowest BCUT2D eigenvalue weighted by molar-refractivity contribution is 0.0697. The molecule has 0 saturated carbocycles. The Bertz CT molecular complexity index is 889. The van der Waals surface area contributed by atoms with Crippen LogP contribution in [0.15, 0.2) is 30.6 Å². The van der Waals surface area contributed by atoms with Gasteiger partial charge in [0.1, 0.15) is 5.82 Å². The van der Waals surface area contributed by atoms with Gasteiger partial charge in [-0.25, -0.2) is 9.78 Å². The van der Waals surface area contributed by atoms with Crippen LogP contribution in [-0.2, 0) is 7.05 Å². The van der Waals surface area contributed by atoms with Crippen molar-refractivity contribution in [1.29, 1.82) is 0 Å². The summed E-state index contributed by atoms with van der Waals surface area (Å²) in [6.45, 7) is 1.96. The van der Waals surface area contributed by atoms with E-state index < -0.39 is 5.97 Å². The zero-order valence-electron chi connectivity index (χ0n) is 12.7. The van der Waals surface area contributed by atoms with Crippen molar-refractivity contribution < 1.29 is 9.90 Å². The highest BCUT2D eigenvalue weighted by molar-refractivity contribution is 5.97. The fourth-order valence-corrected chi connectivity index (χ4v) is 2.34. The predicted octanol–water partition coefficient (Wildman–Crippen LogP) is 1.82. The predicted molar refractivity (Wildman–Crippen MR) is 86.2 cm³/mol. The minimum absolute atomic E-state index is 0.0744. The molecule has 0 aliphatic rings. The average Bonchev–Trinajstić information content (AvgIpc) is 2.93. The number of carbonyl (C=O) groups is 1. The van der Waals surface area contributed by atoms with Crippen LogP contribution in [0.25, 0.3) is 10.9 Å². The first-order valence-electron chi connectivity index (χ1n) is 6.99. The molecule has 0 aliphatic carbocycles. The molecule has 4 N–H and O–H groups in total. The third-order valence-electron chi connectivity index (χ3n) is 3.54. The zero-order valence-corrected chi connectivity index (χ0v) is 12.7. The molecule has 0 radical (unpaired) electrons. The lowest BCUT2D eigenvalue weighted by Gasteiger charge is -2.15. The molecule has 118 valence electrons. The second-order valence-electron chi connectivity index (χ2n) is 5.28. The summed E-state index contributed by atoms with van der Waals surface area (Å²) in [4.78, 5) is 19.5. The lowest BCUT2D eigenvalue weighted by Crippen LogP contribution is -2.10. The summed E-state index contributed by atoms with van der Waals surface area (Å²) in [5.74, 6) is -0.386. The quantitative estimate of drug-likeness (QED) is 0.672. The van der Waals surface area contributed by atoms with Crippen molar-refractivity contribution >= 4 is 28.6 Å². The van der Waals surface area contributed by atoms with Gasteiger partial charge in [-0.3, -0.25) is 4.68 Å². The number of nitrogens with two attached hydrogens (primary N) is 1. The van der Waals surface area contributed by atoms with Crippen LogP contribution in [0.5, 0.6) is 0 Å². The average molecular weight is 312 g/mol. The Labute approximate surface area is 132 Å². The monoisotopic (exact) mass is 312 g/mol. The molecule has 8 nitrogen and oxygen atoms in total. The van der Waals surface area contributed by atoms with Crippen LogP contribution in [-0.4, -0.2) is 30.8 Å². The van der Waals surface area contributed by atoms with Gasteiger partial charge in [0.15, 0.2) is 0 Å². The molecule has 0 unspecified atom stereocenters. The van der Waals surface area contributed by atoms with Crippen molar-refractivity contribution in [1.82, 2.24) is 19.7 Å². The van der Waals surface area contributed by atoms with E-state index in [1.165, 1.54) is 12.1 Å². The van der Waals surface area contributed by atoms with Crippen molar-refractivity contribution in [2.45, 2.75) is 13.0 Å². The molecule has 1 aromatic carbocycles. The van der Waals surface area contributed by atoms with Crippen LogP contribution in [0.1, 0.15) is 28.9 Å². The number of nitrogens with zero attached hydrogens (tertiary/aromatic N) is 4. The Morgan fingerprint density at radius 1 is 1.39 bits per heavy atom. The van der Waals surface area contributed by atoms with E-state index >= 15 is 0 Å². The summed E-state index contributed by atoms with van der Waals surface area (Å²) < 4.78 is 1.71. The van der Waals surface area contributed by atoms with Crippen LogP contribution < -0.4 is 11.1 Å². The molecule has 2 heterocycles. The maximum atomic E-state index is 11.2. The van der Waals surface area contributed by atoms with E-state index in [0.717, 1.165) is 5.56 Å². The molecule has 0 saturated heterocycles. The van der Waals surface area contributed by atoms with Gasteiger partial charge in [0, 0.05) is 24.2 Å². The fraction of sp³-hybridized carbons (Fsp3) is 0.200. The van der Waals surface area contributed by atoms with Gasteiger partial charge in [-0.15, -0.1) is 0 Å². The number of benzene rings is 1. The van der Waals surface area contributed by atoms with Crippen LogP contribution >= 0.6 is 0 Å². The molecular weight excluding hydrogens is 296 g/mol. The highest BCUT2D eigenvalue weighted by atomic mass is 16.4. The molecule has 23 heavy (non-hydrogen) atoms. The Morgan fingerprint density at radius 2 is 2.17 bits per heavy atom. The van der Waals surface area contributed by atoms with Gasteiger partial charge in [0.05, 0.1) is 23.3 Å². The second-order valence-corrected chi connectivity index (χ2v) is 5.28. The molecule has 0 bridgehead atoms. The van der Waals surface area contributed by atoms with E-state index in [1.807, 2.05) is 20.2 Å². The third-order valence-corrected chi connectivity index (χ3v) is 3.54. The number of rotatable bonds is 4. The minimum atomic E-state index is -1.00. The number of fused-ring (bicyclic) bond motifs is 1. The highest BCUT2D eigenvalue weighted by Crippen LogP contribution is 2.26. The molecule has 0 aliphatic heterocycles. The maximum Gasteiger partial charge on any atom is 0.335 e. The molecular formula is C15H16N6O2. The second kappa shape index (κ2) is 5.56. The van der Waals surface area contributed by atoms with Crippen molar-refractivity contribution in [3.63, 3.8) is 0 Å². The molecule has 3 aromatic rings. The van der Waals surface area contributed by atoms with Gasteiger partial charge in [-0.05, 0) is 25.1 Å². The standard InChI is InChI=1S/C15H16N6O2/c1-8(10-6-17-21(2)7-10)18-13-11-5-9(14(22)23)3-4-12(11)19-15(16)20-13/h3-8H,1-2H3,(H,22,23)(H3,16,18,19,20)/t8-/m1/s1. The normalized spacial score (nSPS) is 12.3. The first-order chi connectivity index (χ1) is 10.9. The SMILES string of the molecule is C[C@@H](Nc1nc(N)nc2ccc(C(=O)O)cc12)c1cnn(C)c1. The number of nitrogens with one attached hydrogen (secondary N) is 1. The summed E-state index contributed by atoms with van der Waals surface area (Å²) in [6, 6.07) is 4.58. The van der Waals surface area contributed by atoms with Gasteiger partial charge in [-0.2, -0.15) is 10.1 Å². The van der Waals surface area contributed by atoms with Crippen molar-refractivity contribution in [3.8, 4) is 0 Å². The molecule has 8 heteroatoms. The molecule has 2 aromatic heterocycles. The minimum Gasteiger partial charge on any atom is -0.478 e. The van der Waals surface area contributed by atoms with Crippen LogP contribution in [0.3, 0.4) is 0 Å². The van der Waals surface area contributed by atoms with Gasteiger partial charge < -0.3 is 16.2 Å². The van der Waals surface area contributed by atoms with Crippen molar-refractivity contribution in [3.05, 3.63) is 41.7 Å². The summed E-state index contributed by atoms with van der Waals surface area (Å²) in [7, 11) is 1.84. The largest absolute Gasteiger partial charge is 0.478 e. The van der Waals surface area contributed by atoms with Crippen LogP contribution in [0, 0.1) is 0 Å². The summed E-state index contributed by atoms with van der Waals surface area (Å²) in [5, 5.41) is 17.1. The Morgan fingerprint density at radius 3 is 2.83 bits per heavy atom. The lowest BCUT2D eigenvalue weighted by atomic mass is 10.1. The number of hydrogen-bond donors (Lipinski definition) is 3. The van der Waals surface area contributed by atoms with Gasteiger partial charge >= 0.3 is 5.97 Å². The number of nitrogen functional groups attached to an aromatic ring is 1. The maximum absolute atomic E-state index is 11.2. The fourth-order valence-electron chi connectivity index (χ4n) is 2.34. The Kier molecular flexibility index (Phi) is 3.57. The van der Waals surface area contributed by atoms with Crippen LogP contribution in [0.2, 0.25) is 0 Å². The van der Waals surface area contributed by atoms with E-state index in [-0.39, 0.29) is 17.6 Å². The number of carboxylic acid groups (broad SMARTS) is 1. The number of carboxylic acids is 1. The van der Waals surface area contributed by atoms with Gasteiger partial charge in [0.25, 0.3) is 0 Å². The number of aryl methyl sites for hydroxylation is 1. The molecule has 1 atom stereocenters. The topological polar surface area (TPSA) is 119 Å². The van der Waals surface area contributed by atoms with E-state index in [0.29, 0.717) is 16.7 Å².